The first-order valence-electron chi connectivity index (χ1n) is 6.70. The zero-order valence-electron chi connectivity index (χ0n) is 12.7. The Bertz CT molecular complexity index is 886. The topological polar surface area (TPSA) is 99.9 Å². The molecule has 0 aliphatic rings. The van der Waals surface area contributed by atoms with E-state index in [0.717, 1.165) is 11.3 Å². The molecule has 0 bridgehead atoms. The van der Waals surface area contributed by atoms with Crippen molar-refractivity contribution in [2.24, 2.45) is 7.05 Å². The summed E-state index contributed by atoms with van der Waals surface area (Å²) in [6.45, 7) is 3.64. The molecule has 0 aliphatic carbocycles. The van der Waals surface area contributed by atoms with Gasteiger partial charge in [-0.3, -0.25) is 10.1 Å². The average Bonchev–Trinajstić information content (AvgIpc) is 3.07. The molecule has 0 spiro atoms. The lowest BCUT2D eigenvalue weighted by Gasteiger charge is -2.05. The van der Waals surface area contributed by atoms with E-state index in [2.05, 4.69) is 15.2 Å². The Morgan fingerprint density at radius 3 is 2.74 bits per heavy atom. The van der Waals surface area contributed by atoms with Gasteiger partial charge in [-0.25, -0.2) is 4.98 Å². The molecule has 0 aromatic carbocycles. The van der Waals surface area contributed by atoms with Crippen molar-refractivity contribution >= 4 is 17.4 Å². The van der Waals surface area contributed by atoms with Crippen LogP contribution in [-0.4, -0.2) is 24.7 Å². The standard InChI is InChI=1S/C14H13N5O3S/c1-8-6-10(19(20)21)7-15-13(8)23-14-17-16-12(18(14)3)11-4-5-22-9(11)2/h4-7H,1-3H3. The summed E-state index contributed by atoms with van der Waals surface area (Å²) in [7, 11) is 1.85. The fourth-order valence-electron chi connectivity index (χ4n) is 2.10. The summed E-state index contributed by atoms with van der Waals surface area (Å²) in [5.41, 5.74) is 1.56. The summed E-state index contributed by atoms with van der Waals surface area (Å²) in [6.07, 6.45) is 2.85. The number of furan rings is 1. The second-order valence-corrected chi connectivity index (χ2v) is 5.89. The van der Waals surface area contributed by atoms with E-state index in [0.29, 0.717) is 21.6 Å². The Morgan fingerprint density at radius 2 is 2.13 bits per heavy atom. The van der Waals surface area contributed by atoms with Gasteiger partial charge in [-0.2, -0.15) is 0 Å². The van der Waals surface area contributed by atoms with E-state index in [1.165, 1.54) is 24.0 Å². The molecule has 23 heavy (non-hydrogen) atoms. The maximum absolute atomic E-state index is 10.8. The first-order valence-corrected chi connectivity index (χ1v) is 7.51. The second-order valence-electron chi connectivity index (χ2n) is 4.93. The van der Waals surface area contributed by atoms with Crippen LogP contribution in [0.15, 0.2) is 39.2 Å². The Labute approximate surface area is 135 Å². The van der Waals surface area contributed by atoms with Gasteiger partial charge >= 0.3 is 0 Å². The predicted molar refractivity (Wildman–Crippen MR) is 83.2 cm³/mol. The van der Waals surface area contributed by atoms with Crippen LogP contribution >= 0.6 is 11.8 Å². The minimum atomic E-state index is -0.462. The van der Waals surface area contributed by atoms with Crippen LogP contribution < -0.4 is 0 Å². The van der Waals surface area contributed by atoms with Crippen LogP contribution in [0.3, 0.4) is 0 Å². The van der Waals surface area contributed by atoms with Gasteiger partial charge in [0.2, 0.25) is 0 Å². The Balaban J connectivity index is 1.91. The van der Waals surface area contributed by atoms with Crippen LogP contribution in [0.25, 0.3) is 11.4 Å². The maximum Gasteiger partial charge on any atom is 0.287 e. The van der Waals surface area contributed by atoms with E-state index in [9.17, 15) is 10.1 Å². The van der Waals surface area contributed by atoms with Gasteiger partial charge in [-0.15, -0.1) is 10.2 Å². The maximum atomic E-state index is 10.8. The van der Waals surface area contributed by atoms with Gasteiger partial charge in [-0.1, -0.05) is 0 Å². The molecule has 0 aliphatic heterocycles. The molecule has 3 aromatic rings. The van der Waals surface area contributed by atoms with Crippen molar-refractivity contribution < 1.29 is 9.34 Å². The van der Waals surface area contributed by atoms with Crippen molar-refractivity contribution in [3.63, 3.8) is 0 Å². The highest BCUT2D eigenvalue weighted by Crippen LogP contribution is 2.31. The third-order valence-corrected chi connectivity index (χ3v) is 4.51. The first kappa shape index (κ1) is 15.2. The van der Waals surface area contributed by atoms with Crippen LogP contribution in [0.1, 0.15) is 11.3 Å². The largest absolute Gasteiger partial charge is 0.469 e. The van der Waals surface area contributed by atoms with Crippen LogP contribution in [0, 0.1) is 24.0 Å². The van der Waals surface area contributed by atoms with Gasteiger partial charge in [0.15, 0.2) is 11.0 Å². The Kier molecular flexibility index (Phi) is 3.87. The molecule has 9 heteroatoms. The molecule has 0 saturated carbocycles. The fraction of sp³-hybridized carbons (Fsp3) is 0.214. The molecular weight excluding hydrogens is 318 g/mol. The zero-order chi connectivity index (χ0) is 16.6. The molecule has 0 unspecified atom stereocenters. The van der Waals surface area contributed by atoms with Crippen LogP contribution in [-0.2, 0) is 7.05 Å². The van der Waals surface area contributed by atoms with Crippen LogP contribution in [0.2, 0.25) is 0 Å². The third kappa shape index (κ3) is 2.82. The summed E-state index contributed by atoms with van der Waals surface area (Å²) in [5, 5.41) is 20.4. The summed E-state index contributed by atoms with van der Waals surface area (Å²) < 4.78 is 7.13. The van der Waals surface area contributed by atoms with E-state index in [1.54, 1.807) is 13.2 Å². The van der Waals surface area contributed by atoms with Crippen molar-refractivity contribution in [1.82, 2.24) is 19.7 Å². The summed E-state index contributed by atoms with van der Waals surface area (Å²) in [6, 6.07) is 3.33. The number of hydrogen-bond acceptors (Lipinski definition) is 7. The SMILES string of the molecule is Cc1cc([N+](=O)[O-])cnc1Sc1nnc(-c2ccoc2C)n1C. The molecule has 0 saturated heterocycles. The van der Waals surface area contributed by atoms with Crippen LogP contribution in [0.5, 0.6) is 0 Å². The molecule has 8 nitrogen and oxygen atoms in total. The number of nitrogens with zero attached hydrogens (tertiary/aromatic N) is 5. The molecule has 3 rings (SSSR count). The minimum Gasteiger partial charge on any atom is -0.469 e. The lowest BCUT2D eigenvalue weighted by atomic mass is 10.2. The molecule has 0 atom stereocenters. The molecule has 3 aromatic heterocycles. The lowest BCUT2D eigenvalue weighted by molar-refractivity contribution is -0.385. The van der Waals surface area contributed by atoms with Crippen molar-refractivity contribution in [2.75, 3.05) is 0 Å². The molecular formula is C14H13N5O3S. The second kappa shape index (κ2) is 5.84. The number of rotatable bonds is 4. The van der Waals surface area contributed by atoms with Gasteiger partial charge < -0.3 is 8.98 Å². The van der Waals surface area contributed by atoms with E-state index < -0.39 is 4.92 Å². The number of pyridine rings is 1. The van der Waals surface area contributed by atoms with Gasteiger partial charge in [0, 0.05) is 13.1 Å². The first-order chi connectivity index (χ1) is 11.0. The number of nitro groups is 1. The number of hydrogen-bond donors (Lipinski definition) is 0. The van der Waals surface area contributed by atoms with E-state index in [-0.39, 0.29) is 5.69 Å². The van der Waals surface area contributed by atoms with Crippen molar-refractivity contribution in [2.45, 2.75) is 24.0 Å². The van der Waals surface area contributed by atoms with Gasteiger partial charge in [0.1, 0.15) is 17.0 Å². The summed E-state index contributed by atoms with van der Waals surface area (Å²) in [5.74, 6) is 1.46. The third-order valence-electron chi connectivity index (χ3n) is 3.35. The van der Waals surface area contributed by atoms with E-state index in [1.807, 2.05) is 24.6 Å². The zero-order valence-corrected chi connectivity index (χ0v) is 13.5. The normalized spacial score (nSPS) is 10.9. The Morgan fingerprint density at radius 1 is 1.35 bits per heavy atom. The minimum absolute atomic E-state index is 0.0282. The lowest BCUT2D eigenvalue weighted by Crippen LogP contribution is -1.97. The summed E-state index contributed by atoms with van der Waals surface area (Å²) >= 11 is 1.31. The monoisotopic (exact) mass is 331 g/mol. The van der Waals surface area contributed by atoms with Gasteiger partial charge in [0.25, 0.3) is 5.69 Å². The smallest absolute Gasteiger partial charge is 0.287 e. The highest BCUT2D eigenvalue weighted by Gasteiger charge is 2.17. The van der Waals surface area contributed by atoms with E-state index in [4.69, 9.17) is 4.42 Å². The quantitative estimate of drug-likeness (QED) is 0.534. The predicted octanol–water partition coefficient (Wildman–Crippen LogP) is 3.15. The van der Waals surface area contributed by atoms with Crippen molar-refractivity contribution in [3.05, 3.63) is 46.0 Å². The highest BCUT2D eigenvalue weighted by atomic mass is 32.2. The van der Waals surface area contributed by atoms with Crippen molar-refractivity contribution in [3.8, 4) is 11.4 Å². The number of aromatic nitrogens is 4. The molecule has 0 fully saturated rings. The molecule has 0 N–H and O–H groups in total. The number of aryl methyl sites for hydroxylation is 2. The molecule has 0 radical (unpaired) electrons. The fourth-order valence-corrected chi connectivity index (χ4v) is 2.90. The average molecular weight is 331 g/mol. The Hall–Kier alpha value is -2.68. The molecule has 0 amide bonds. The van der Waals surface area contributed by atoms with E-state index >= 15 is 0 Å². The highest BCUT2D eigenvalue weighted by molar-refractivity contribution is 7.99. The van der Waals surface area contributed by atoms with Crippen LogP contribution in [0.4, 0.5) is 5.69 Å². The van der Waals surface area contributed by atoms with Gasteiger partial charge in [-0.05, 0) is 37.2 Å². The molecule has 118 valence electrons. The summed E-state index contributed by atoms with van der Waals surface area (Å²) in [4.78, 5) is 14.5. The van der Waals surface area contributed by atoms with Gasteiger partial charge in [0.05, 0.1) is 16.7 Å². The van der Waals surface area contributed by atoms with Crippen molar-refractivity contribution in [1.29, 1.82) is 0 Å². The molecule has 3 heterocycles.